The molecule has 2 aliphatic heterocycles. The summed E-state index contributed by atoms with van der Waals surface area (Å²) in [6.45, 7) is 6.87. The number of nitrogens with zero attached hydrogens (tertiary/aromatic N) is 4. The van der Waals surface area contributed by atoms with Gasteiger partial charge in [0.25, 0.3) is 5.91 Å². The summed E-state index contributed by atoms with van der Waals surface area (Å²) >= 11 is 0. The first-order chi connectivity index (χ1) is 15.2. The van der Waals surface area contributed by atoms with Crippen molar-refractivity contribution in [3.8, 4) is 5.75 Å². The van der Waals surface area contributed by atoms with Crippen LogP contribution in [0.4, 0.5) is 5.69 Å². The molecule has 2 aliphatic rings. The molecule has 2 fully saturated rings. The molecule has 31 heavy (non-hydrogen) atoms. The van der Waals surface area contributed by atoms with Crippen LogP contribution in [0.25, 0.3) is 0 Å². The Kier molecular flexibility index (Phi) is 7.38. The lowest BCUT2D eigenvalue weighted by Gasteiger charge is -2.40. The van der Waals surface area contributed by atoms with Crippen LogP contribution in [0.2, 0.25) is 0 Å². The number of anilines is 1. The van der Waals surface area contributed by atoms with E-state index >= 15 is 0 Å². The Labute approximate surface area is 184 Å². The minimum Gasteiger partial charge on any atom is -0.497 e. The summed E-state index contributed by atoms with van der Waals surface area (Å²) in [6, 6.07) is 14.0. The van der Waals surface area contributed by atoms with E-state index in [9.17, 15) is 4.79 Å². The minimum atomic E-state index is 0.0387. The average molecular weight is 425 g/mol. The summed E-state index contributed by atoms with van der Waals surface area (Å²) in [7, 11) is 1.69. The van der Waals surface area contributed by atoms with Crippen molar-refractivity contribution in [2.45, 2.75) is 18.9 Å². The molecule has 0 N–H and O–H groups in total. The molecule has 0 atom stereocenters. The predicted octanol–water partition coefficient (Wildman–Crippen LogP) is 2.53. The quantitative estimate of drug-likeness (QED) is 0.681. The van der Waals surface area contributed by atoms with Gasteiger partial charge in [-0.05, 0) is 49.2 Å². The molecule has 7 nitrogen and oxygen atoms in total. The standard InChI is InChI=1S/C24H32N4O3/c1-30-22-7-5-20(6-8-22)27-12-9-21(10-13-27)28(15-14-26-16-18-31-19-17-26)24(29)23-4-2-3-11-25-23/h2-8,11,21H,9-10,12-19H2,1H3. The molecular weight excluding hydrogens is 392 g/mol. The van der Waals surface area contributed by atoms with Gasteiger partial charge in [-0.15, -0.1) is 0 Å². The molecule has 0 spiro atoms. The molecule has 3 heterocycles. The number of benzene rings is 1. The Hall–Kier alpha value is -2.64. The van der Waals surface area contributed by atoms with E-state index in [0.29, 0.717) is 5.69 Å². The van der Waals surface area contributed by atoms with Gasteiger partial charge >= 0.3 is 0 Å². The monoisotopic (exact) mass is 424 g/mol. The van der Waals surface area contributed by atoms with Gasteiger partial charge in [-0.1, -0.05) is 6.07 Å². The molecule has 0 radical (unpaired) electrons. The second-order valence-electron chi connectivity index (χ2n) is 8.08. The summed E-state index contributed by atoms with van der Waals surface area (Å²) in [5.74, 6) is 0.908. The van der Waals surface area contributed by atoms with Crippen LogP contribution < -0.4 is 9.64 Å². The van der Waals surface area contributed by atoms with Gasteiger partial charge in [-0.3, -0.25) is 14.7 Å². The van der Waals surface area contributed by atoms with Crippen LogP contribution >= 0.6 is 0 Å². The third-order valence-electron chi connectivity index (χ3n) is 6.25. The number of piperidine rings is 1. The summed E-state index contributed by atoms with van der Waals surface area (Å²) < 4.78 is 10.7. The second kappa shape index (κ2) is 10.6. The van der Waals surface area contributed by atoms with Crippen molar-refractivity contribution in [3.63, 3.8) is 0 Å². The smallest absolute Gasteiger partial charge is 0.272 e. The Morgan fingerprint density at radius 3 is 2.48 bits per heavy atom. The second-order valence-corrected chi connectivity index (χ2v) is 8.08. The molecule has 7 heteroatoms. The van der Waals surface area contributed by atoms with Crippen molar-refractivity contribution >= 4 is 11.6 Å². The van der Waals surface area contributed by atoms with E-state index in [1.807, 2.05) is 30.3 Å². The molecular formula is C24H32N4O3. The van der Waals surface area contributed by atoms with Gasteiger partial charge in [0.15, 0.2) is 0 Å². The summed E-state index contributed by atoms with van der Waals surface area (Å²) in [4.78, 5) is 24.5. The highest BCUT2D eigenvalue weighted by atomic mass is 16.5. The van der Waals surface area contributed by atoms with Gasteiger partial charge in [0.2, 0.25) is 0 Å². The first kappa shape index (κ1) is 21.6. The molecule has 4 rings (SSSR count). The molecule has 0 aliphatic carbocycles. The average Bonchev–Trinajstić information content (AvgIpc) is 2.86. The number of ether oxygens (including phenoxy) is 2. The number of rotatable bonds is 7. The number of aromatic nitrogens is 1. The van der Waals surface area contributed by atoms with Crippen LogP contribution in [0.5, 0.6) is 5.75 Å². The van der Waals surface area contributed by atoms with E-state index in [2.05, 4.69) is 31.8 Å². The zero-order valence-corrected chi connectivity index (χ0v) is 18.3. The number of amides is 1. The highest BCUT2D eigenvalue weighted by Gasteiger charge is 2.29. The van der Waals surface area contributed by atoms with Crippen molar-refractivity contribution in [1.82, 2.24) is 14.8 Å². The number of morpholine rings is 1. The lowest BCUT2D eigenvalue weighted by molar-refractivity contribution is 0.0284. The molecule has 1 amide bonds. The summed E-state index contributed by atoms with van der Waals surface area (Å²) in [5.41, 5.74) is 1.73. The van der Waals surface area contributed by atoms with Crippen LogP contribution in [0, 0.1) is 0 Å². The largest absolute Gasteiger partial charge is 0.497 e. The van der Waals surface area contributed by atoms with Crippen molar-refractivity contribution in [1.29, 1.82) is 0 Å². The van der Waals surface area contributed by atoms with Crippen molar-refractivity contribution < 1.29 is 14.3 Å². The van der Waals surface area contributed by atoms with Gasteiger partial charge in [0.05, 0.1) is 20.3 Å². The fraction of sp³-hybridized carbons (Fsp3) is 0.500. The van der Waals surface area contributed by atoms with E-state index in [4.69, 9.17) is 9.47 Å². The molecule has 0 unspecified atom stereocenters. The molecule has 1 aromatic carbocycles. The Morgan fingerprint density at radius 1 is 1.10 bits per heavy atom. The third-order valence-corrected chi connectivity index (χ3v) is 6.25. The first-order valence-electron chi connectivity index (χ1n) is 11.2. The van der Waals surface area contributed by atoms with Gasteiger partial charge in [0, 0.05) is 57.2 Å². The normalized spacial score (nSPS) is 18.0. The maximum absolute atomic E-state index is 13.3. The number of hydrogen-bond acceptors (Lipinski definition) is 6. The van der Waals surface area contributed by atoms with E-state index in [1.165, 1.54) is 5.69 Å². The van der Waals surface area contributed by atoms with Gasteiger partial charge in [0.1, 0.15) is 11.4 Å². The Balaban J connectivity index is 1.41. The zero-order valence-electron chi connectivity index (χ0n) is 18.3. The molecule has 166 valence electrons. The maximum atomic E-state index is 13.3. The number of carbonyl (C=O) groups excluding carboxylic acids is 1. The first-order valence-corrected chi connectivity index (χ1v) is 11.2. The predicted molar refractivity (Wildman–Crippen MR) is 121 cm³/mol. The lowest BCUT2D eigenvalue weighted by Crippen LogP contribution is -2.50. The fourth-order valence-corrected chi connectivity index (χ4v) is 4.39. The summed E-state index contributed by atoms with van der Waals surface area (Å²) in [5, 5.41) is 0. The van der Waals surface area contributed by atoms with Crippen LogP contribution in [0.1, 0.15) is 23.3 Å². The maximum Gasteiger partial charge on any atom is 0.272 e. The Bertz CT molecular complexity index is 816. The van der Waals surface area contributed by atoms with Gasteiger partial charge in [-0.25, -0.2) is 0 Å². The molecule has 0 bridgehead atoms. The van der Waals surface area contributed by atoms with Crippen LogP contribution in [0.15, 0.2) is 48.7 Å². The summed E-state index contributed by atoms with van der Waals surface area (Å²) in [6.07, 6.45) is 3.60. The highest BCUT2D eigenvalue weighted by Crippen LogP contribution is 2.25. The molecule has 2 saturated heterocycles. The topological polar surface area (TPSA) is 58.1 Å². The zero-order chi connectivity index (χ0) is 21.5. The molecule has 2 aromatic rings. The SMILES string of the molecule is COc1ccc(N2CCC(N(CCN3CCOCC3)C(=O)c3ccccn3)CC2)cc1. The lowest BCUT2D eigenvalue weighted by atomic mass is 10.0. The fourth-order valence-electron chi connectivity index (χ4n) is 4.39. The van der Waals surface area contributed by atoms with Gasteiger partial charge in [-0.2, -0.15) is 0 Å². The number of hydrogen-bond donors (Lipinski definition) is 0. The van der Waals surface area contributed by atoms with Crippen LogP contribution in [-0.2, 0) is 4.74 Å². The van der Waals surface area contributed by atoms with Crippen LogP contribution in [-0.4, -0.2) is 86.3 Å². The van der Waals surface area contributed by atoms with Gasteiger partial charge < -0.3 is 19.3 Å². The molecule has 1 aromatic heterocycles. The van der Waals surface area contributed by atoms with Crippen molar-refractivity contribution in [2.24, 2.45) is 0 Å². The number of carbonyl (C=O) groups is 1. The van der Waals surface area contributed by atoms with Crippen molar-refractivity contribution in [2.75, 3.05) is 64.5 Å². The van der Waals surface area contributed by atoms with E-state index in [0.717, 1.165) is 71.1 Å². The van der Waals surface area contributed by atoms with Crippen molar-refractivity contribution in [3.05, 3.63) is 54.4 Å². The van der Waals surface area contributed by atoms with E-state index < -0.39 is 0 Å². The van der Waals surface area contributed by atoms with E-state index in [1.54, 1.807) is 13.3 Å². The molecule has 0 saturated carbocycles. The van der Waals surface area contributed by atoms with E-state index in [-0.39, 0.29) is 11.9 Å². The third kappa shape index (κ3) is 5.54. The highest BCUT2D eigenvalue weighted by molar-refractivity contribution is 5.92. The number of methoxy groups -OCH3 is 1. The number of pyridine rings is 1. The minimum absolute atomic E-state index is 0.0387. The Morgan fingerprint density at radius 2 is 1.84 bits per heavy atom. The van der Waals surface area contributed by atoms with Crippen LogP contribution in [0.3, 0.4) is 0 Å².